The van der Waals surface area contributed by atoms with Crippen LogP contribution in [0.15, 0.2) is 24.3 Å². The average Bonchev–Trinajstić information content (AvgIpc) is 2.89. The van der Waals surface area contributed by atoms with Crippen molar-refractivity contribution in [3.63, 3.8) is 0 Å². The number of halogens is 3. The first kappa shape index (κ1) is 14.5. The van der Waals surface area contributed by atoms with Gasteiger partial charge in [-0.05, 0) is 30.0 Å². The van der Waals surface area contributed by atoms with Crippen molar-refractivity contribution >= 4 is 31.9 Å². The summed E-state index contributed by atoms with van der Waals surface area (Å²) in [4.78, 5) is 0. The molecule has 1 aliphatic carbocycles. The molecule has 1 fully saturated rings. The van der Waals surface area contributed by atoms with Crippen LogP contribution in [0.2, 0.25) is 0 Å². The number of rotatable bonds is 5. The summed E-state index contributed by atoms with van der Waals surface area (Å²) in [5.74, 6) is 0.661. The first-order valence-corrected chi connectivity index (χ1v) is 8.82. The van der Waals surface area contributed by atoms with Crippen LogP contribution < -0.4 is 0 Å². The van der Waals surface area contributed by atoms with Gasteiger partial charge in [-0.15, -0.1) is 0 Å². The van der Waals surface area contributed by atoms with Crippen LogP contribution in [0.5, 0.6) is 0 Å². The van der Waals surface area contributed by atoms with Gasteiger partial charge in [-0.25, -0.2) is 4.39 Å². The quantitative estimate of drug-likeness (QED) is 0.600. The van der Waals surface area contributed by atoms with E-state index in [-0.39, 0.29) is 11.2 Å². The molecule has 0 N–H and O–H groups in total. The van der Waals surface area contributed by atoms with E-state index in [1.807, 2.05) is 6.07 Å². The third-order valence-corrected chi connectivity index (χ3v) is 6.25. The molecule has 2 rings (SSSR count). The van der Waals surface area contributed by atoms with Crippen molar-refractivity contribution in [3.8, 4) is 0 Å². The number of hydrogen-bond donors (Lipinski definition) is 0. The highest BCUT2D eigenvalue weighted by Crippen LogP contribution is 2.40. The van der Waals surface area contributed by atoms with Crippen LogP contribution in [0.4, 0.5) is 4.39 Å². The first-order valence-electron chi connectivity index (χ1n) is 6.58. The van der Waals surface area contributed by atoms with E-state index in [1.54, 1.807) is 6.07 Å². The Balaban J connectivity index is 2.24. The lowest BCUT2D eigenvalue weighted by Crippen LogP contribution is -2.32. The zero-order chi connectivity index (χ0) is 13.0. The molecule has 0 heterocycles. The van der Waals surface area contributed by atoms with E-state index in [9.17, 15) is 4.39 Å². The summed E-state index contributed by atoms with van der Waals surface area (Å²) in [6.45, 7) is 0. The lowest BCUT2D eigenvalue weighted by molar-refractivity contribution is 0.378. The van der Waals surface area contributed by atoms with E-state index < -0.39 is 0 Å². The maximum atomic E-state index is 13.5. The fraction of sp³-hybridized carbons (Fsp3) is 0.600. The summed E-state index contributed by atoms with van der Waals surface area (Å²) in [6, 6.07) is 7.09. The van der Waals surface area contributed by atoms with E-state index in [0.29, 0.717) is 0 Å². The fourth-order valence-corrected chi connectivity index (χ4v) is 5.04. The van der Waals surface area contributed by atoms with Crippen LogP contribution in [-0.4, -0.2) is 10.7 Å². The summed E-state index contributed by atoms with van der Waals surface area (Å²) in [6.07, 6.45) is 6.52. The van der Waals surface area contributed by atoms with Gasteiger partial charge >= 0.3 is 0 Å². The Morgan fingerprint density at radius 2 is 1.83 bits per heavy atom. The maximum Gasteiger partial charge on any atom is 0.123 e. The van der Waals surface area contributed by atoms with Gasteiger partial charge in [0.05, 0.1) is 0 Å². The van der Waals surface area contributed by atoms with Crippen LogP contribution in [-0.2, 0) is 5.41 Å². The summed E-state index contributed by atoms with van der Waals surface area (Å²) in [5.41, 5.74) is 1.14. The molecule has 1 aromatic rings. The van der Waals surface area contributed by atoms with Gasteiger partial charge in [0.25, 0.3) is 0 Å². The van der Waals surface area contributed by atoms with Gasteiger partial charge in [0.2, 0.25) is 0 Å². The van der Waals surface area contributed by atoms with E-state index in [1.165, 1.54) is 31.7 Å². The smallest absolute Gasteiger partial charge is 0.123 e. The molecule has 1 aliphatic rings. The van der Waals surface area contributed by atoms with Crippen LogP contribution >= 0.6 is 31.9 Å². The fourth-order valence-electron chi connectivity index (χ4n) is 3.00. The summed E-state index contributed by atoms with van der Waals surface area (Å²) < 4.78 is 13.5. The zero-order valence-corrected chi connectivity index (χ0v) is 13.6. The van der Waals surface area contributed by atoms with E-state index in [0.717, 1.165) is 28.6 Å². The first-order chi connectivity index (χ1) is 8.70. The van der Waals surface area contributed by atoms with Gasteiger partial charge in [0, 0.05) is 16.1 Å². The minimum atomic E-state index is -0.134. The molecule has 100 valence electrons. The highest BCUT2D eigenvalue weighted by molar-refractivity contribution is 9.09. The lowest BCUT2D eigenvalue weighted by atomic mass is 9.76. The highest BCUT2D eigenvalue weighted by Gasteiger charge is 2.34. The molecule has 18 heavy (non-hydrogen) atoms. The van der Waals surface area contributed by atoms with Gasteiger partial charge in [0.1, 0.15) is 5.82 Å². The third-order valence-electron chi connectivity index (χ3n) is 4.10. The molecule has 1 saturated carbocycles. The van der Waals surface area contributed by atoms with Crippen molar-refractivity contribution in [2.24, 2.45) is 5.92 Å². The Morgan fingerprint density at radius 3 is 2.39 bits per heavy atom. The molecule has 0 aromatic heterocycles. The minimum Gasteiger partial charge on any atom is -0.207 e. The number of alkyl halides is 2. The summed E-state index contributed by atoms with van der Waals surface area (Å²) in [7, 11) is 0. The van der Waals surface area contributed by atoms with Gasteiger partial charge in [-0.2, -0.15) is 0 Å². The molecule has 1 aromatic carbocycles. The number of hydrogen-bond acceptors (Lipinski definition) is 0. The highest BCUT2D eigenvalue weighted by atomic mass is 79.9. The normalized spacial score (nSPS) is 17.3. The van der Waals surface area contributed by atoms with Crippen LogP contribution in [0.3, 0.4) is 0 Å². The van der Waals surface area contributed by atoms with Crippen molar-refractivity contribution in [2.45, 2.75) is 37.5 Å². The maximum absolute atomic E-state index is 13.5. The average molecular weight is 378 g/mol. The molecule has 0 radical (unpaired) electrons. The SMILES string of the molecule is Fc1cccc(C(CBr)(CBr)CC2CCCC2)c1. The molecule has 0 amide bonds. The molecule has 0 atom stereocenters. The van der Waals surface area contributed by atoms with Crippen molar-refractivity contribution in [2.75, 3.05) is 10.7 Å². The van der Waals surface area contributed by atoms with Crippen LogP contribution in [0.25, 0.3) is 0 Å². The molecule has 0 bridgehead atoms. The molecule has 0 spiro atoms. The predicted molar refractivity (Wildman–Crippen MR) is 82.2 cm³/mol. The molecule has 0 aliphatic heterocycles. The lowest BCUT2D eigenvalue weighted by Gasteiger charge is -2.33. The topological polar surface area (TPSA) is 0 Å². The van der Waals surface area contributed by atoms with Crippen molar-refractivity contribution in [1.82, 2.24) is 0 Å². The Labute approximate surface area is 126 Å². The Kier molecular flexibility index (Phi) is 5.25. The minimum absolute atomic E-state index is 0.0249. The number of benzene rings is 1. The standard InChI is InChI=1S/C15H19Br2F/c16-10-15(11-17,9-12-4-1-2-5-12)13-6-3-7-14(18)8-13/h3,6-8,12H,1-2,4-5,9-11H2. The summed E-state index contributed by atoms with van der Waals surface area (Å²) in [5, 5.41) is 1.76. The summed E-state index contributed by atoms with van der Waals surface area (Å²) >= 11 is 7.30. The zero-order valence-electron chi connectivity index (χ0n) is 10.5. The predicted octanol–water partition coefficient (Wildman–Crippen LogP) is 5.43. The molecule has 0 unspecified atom stereocenters. The van der Waals surface area contributed by atoms with E-state index in [4.69, 9.17) is 0 Å². The molecular formula is C15H19Br2F. The van der Waals surface area contributed by atoms with Gasteiger partial charge < -0.3 is 0 Å². The second kappa shape index (κ2) is 6.51. The molecule has 3 heteroatoms. The molecule has 0 nitrogen and oxygen atoms in total. The Hall–Kier alpha value is 0.110. The van der Waals surface area contributed by atoms with E-state index in [2.05, 4.69) is 37.9 Å². The largest absolute Gasteiger partial charge is 0.207 e. The van der Waals surface area contributed by atoms with Gasteiger partial charge in [-0.3, -0.25) is 0 Å². The Bertz CT molecular complexity index is 382. The molecular weight excluding hydrogens is 359 g/mol. The monoisotopic (exact) mass is 376 g/mol. The second-order valence-corrected chi connectivity index (χ2v) is 6.53. The van der Waals surface area contributed by atoms with Gasteiger partial charge in [-0.1, -0.05) is 69.7 Å². The Morgan fingerprint density at radius 1 is 1.17 bits per heavy atom. The third kappa shape index (κ3) is 3.16. The second-order valence-electron chi connectivity index (χ2n) is 5.41. The van der Waals surface area contributed by atoms with Crippen molar-refractivity contribution in [3.05, 3.63) is 35.6 Å². The van der Waals surface area contributed by atoms with Crippen LogP contribution in [0.1, 0.15) is 37.7 Å². The van der Waals surface area contributed by atoms with E-state index >= 15 is 0 Å². The van der Waals surface area contributed by atoms with Gasteiger partial charge in [0.15, 0.2) is 0 Å². The van der Waals surface area contributed by atoms with Crippen LogP contribution in [0, 0.1) is 11.7 Å². The van der Waals surface area contributed by atoms with Crippen molar-refractivity contribution in [1.29, 1.82) is 0 Å². The van der Waals surface area contributed by atoms with Crippen molar-refractivity contribution < 1.29 is 4.39 Å². The molecule has 0 saturated heterocycles.